The van der Waals surface area contributed by atoms with E-state index in [4.69, 9.17) is 0 Å². The van der Waals surface area contributed by atoms with Crippen molar-refractivity contribution in [2.45, 2.75) is 57.2 Å². The van der Waals surface area contributed by atoms with Gasteiger partial charge in [-0.3, -0.25) is 9.59 Å². The minimum Gasteiger partial charge on any atom is -0.352 e. The summed E-state index contributed by atoms with van der Waals surface area (Å²) in [4.78, 5) is 27.1. The number of nitrogens with zero attached hydrogens (tertiary/aromatic N) is 1. The van der Waals surface area contributed by atoms with Crippen molar-refractivity contribution in [3.63, 3.8) is 0 Å². The summed E-state index contributed by atoms with van der Waals surface area (Å²) in [6.07, 6.45) is 4.40. The van der Waals surface area contributed by atoms with E-state index >= 15 is 0 Å². The van der Waals surface area contributed by atoms with Gasteiger partial charge in [-0.05, 0) is 51.1 Å². The molecule has 2 fully saturated rings. The SMILES string of the molecule is C[C@H](Cc1ccccc1)NC(=O)[C@@H]1CCCN1C(=O)[C@H]1CCCN1. The average Bonchev–Trinajstić information content (AvgIpc) is 3.27. The van der Waals surface area contributed by atoms with Crippen LogP contribution in [-0.4, -0.2) is 47.9 Å². The lowest BCUT2D eigenvalue weighted by atomic mass is 10.1. The normalized spacial score (nSPS) is 24.8. The molecule has 0 aromatic heterocycles. The largest absolute Gasteiger partial charge is 0.352 e. The molecule has 0 aliphatic carbocycles. The molecule has 0 radical (unpaired) electrons. The van der Waals surface area contributed by atoms with E-state index in [0.29, 0.717) is 6.54 Å². The Morgan fingerprint density at radius 1 is 1.25 bits per heavy atom. The minimum atomic E-state index is -0.307. The third kappa shape index (κ3) is 3.96. The molecule has 130 valence electrons. The molecule has 0 spiro atoms. The van der Waals surface area contributed by atoms with E-state index in [1.54, 1.807) is 4.90 Å². The van der Waals surface area contributed by atoms with Crippen LogP contribution < -0.4 is 10.6 Å². The van der Waals surface area contributed by atoms with Gasteiger partial charge in [-0.2, -0.15) is 0 Å². The van der Waals surface area contributed by atoms with Crippen LogP contribution in [0.1, 0.15) is 38.2 Å². The third-order valence-corrected chi connectivity index (χ3v) is 4.97. The van der Waals surface area contributed by atoms with Gasteiger partial charge in [-0.1, -0.05) is 30.3 Å². The van der Waals surface area contributed by atoms with E-state index in [9.17, 15) is 9.59 Å². The fourth-order valence-electron chi connectivity index (χ4n) is 3.76. The number of hydrogen-bond acceptors (Lipinski definition) is 3. The summed E-state index contributed by atoms with van der Waals surface area (Å²) in [6.45, 7) is 3.61. The predicted octanol–water partition coefficient (Wildman–Crippen LogP) is 1.48. The molecule has 5 nitrogen and oxygen atoms in total. The first-order valence-corrected chi connectivity index (χ1v) is 9.03. The maximum atomic E-state index is 12.7. The Labute approximate surface area is 143 Å². The lowest BCUT2D eigenvalue weighted by molar-refractivity contribution is -0.140. The van der Waals surface area contributed by atoms with E-state index in [-0.39, 0.29) is 29.9 Å². The van der Waals surface area contributed by atoms with Gasteiger partial charge in [0.2, 0.25) is 11.8 Å². The molecule has 3 rings (SSSR count). The Kier molecular flexibility index (Phi) is 5.51. The molecule has 3 atom stereocenters. The van der Waals surface area contributed by atoms with Gasteiger partial charge in [-0.15, -0.1) is 0 Å². The lowest BCUT2D eigenvalue weighted by Gasteiger charge is -2.27. The number of rotatable bonds is 5. The van der Waals surface area contributed by atoms with Crippen molar-refractivity contribution in [3.05, 3.63) is 35.9 Å². The maximum absolute atomic E-state index is 12.7. The zero-order valence-corrected chi connectivity index (χ0v) is 14.3. The van der Waals surface area contributed by atoms with Gasteiger partial charge in [0.15, 0.2) is 0 Å². The Hall–Kier alpha value is -1.88. The monoisotopic (exact) mass is 329 g/mol. The molecule has 0 unspecified atom stereocenters. The highest BCUT2D eigenvalue weighted by atomic mass is 16.2. The second-order valence-corrected chi connectivity index (χ2v) is 6.94. The number of nitrogens with one attached hydrogen (secondary N) is 2. The molecular formula is C19H27N3O2. The second-order valence-electron chi connectivity index (χ2n) is 6.94. The van der Waals surface area contributed by atoms with Gasteiger partial charge in [0, 0.05) is 12.6 Å². The van der Waals surface area contributed by atoms with Crippen LogP contribution in [0.2, 0.25) is 0 Å². The van der Waals surface area contributed by atoms with Crippen LogP contribution in [0.5, 0.6) is 0 Å². The Balaban J connectivity index is 1.56. The molecule has 2 amide bonds. The number of carbonyl (C=O) groups excluding carboxylic acids is 2. The smallest absolute Gasteiger partial charge is 0.243 e. The summed E-state index contributed by atoms with van der Waals surface area (Å²) in [5.74, 6) is 0.0862. The molecule has 2 aliphatic rings. The molecule has 1 aromatic carbocycles. The van der Waals surface area contributed by atoms with Crippen LogP contribution in [0.4, 0.5) is 0 Å². The van der Waals surface area contributed by atoms with E-state index in [0.717, 1.165) is 38.6 Å². The van der Waals surface area contributed by atoms with Crippen LogP contribution in [0.15, 0.2) is 30.3 Å². The van der Waals surface area contributed by atoms with Crippen LogP contribution in [0, 0.1) is 0 Å². The first-order chi connectivity index (χ1) is 11.6. The molecule has 2 heterocycles. The highest BCUT2D eigenvalue weighted by Gasteiger charge is 2.37. The summed E-state index contributed by atoms with van der Waals surface area (Å²) in [5.41, 5.74) is 1.21. The maximum Gasteiger partial charge on any atom is 0.243 e. The predicted molar refractivity (Wildman–Crippen MR) is 93.5 cm³/mol. The van der Waals surface area contributed by atoms with E-state index in [1.165, 1.54) is 5.56 Å². The molecule has 5 heteroatoms. The third-order valence-electron chi connectivity index (χ3n) is 4.97. The van der Waals surface area contributed by atoms with Crippen molar-refractivity contribution in [1.29, 1.82) is 0 Å². The summed E-state index contributed by atoms with van der Waals surface area (Å²) < 4.78 is 0. The van der Waals surface area contributed by atoms with Crippen LogP contribution >= 0.6 is 0 Å². The minimum absolute atomic E-state index is 0.0118. The van der Waals surface area contributed by atoms with Gasteiger partial charge in [0.1, 0.15) is 6.04 Å². The van der Waals surface area contributed by atoms with Crippen molar-refractivity contribution in [1.82, 2.24) is 15.5 Å². The lowest BCUT2D eigenvalue weighted by Crippen LogP contribution is -2.52. The zero-order valence-electron chi connectivity index (χ0n) is 14.3. The molecule has 2 aliphatic heterocycles. The topological polar surface area (TPSA) is 61.4 Å². The van der Waals surface area contributed by atoms with Crippen molar-refractivity contribution in [3.8, 4) is 0 Å². The standard InChI is InChI=1S/C19H27N3O2/c1-14(13-15-7-3-2-4-8-15)21-18(23)17-10-6-12-22(17)19(24)16-9-5-11-20-16/h2-4,7-8,14,16-17,20H,5-6,9-13H2,1H3,(H,21,23)/t14-,16-,17+/m1/s1. The number of benzene rings is 1. The number of amides is 2. The molecular weight excluding hydrogens is 302 g/mol. The van der Waals surface area contributed by atoms with Crippen LogP contribution in [0.25, 0.3) is 0 Å². The van der Waals surface area contributed by atoms with Crippen molar-refractivity contribution in [2.75, 3.05) is 13.1 Å². The fraction of sp³-hybridized carbons (Fsp3) is 0.579. The second kappa shape index (κ2) is 7.79. The summed E-state index contributed by atoms with van der Waals surface area (Å²) in [5, 5.41) is 6.34. The van der Waals surface area contributed by atoms with Gasteiger partial charge >= 0.3 is 0 Å². The Bertz CT molecular complexity index is 569. The van der Waals surface area contributed by atoms with Gasteiger partial charge in [-0.25, -0.2) is 0 Å². The van der Waals surface area contributed by atoms with Crippen molar-refractivity contribution in [2.24, 2.45) is 0 Å². The summed E-state index contributed by atoms with van der Waals surface area (Å²) >= 11 is 0. The fourth-order valence-corrected chi connectivity index (χ4v) is 3.76. The number of hydrogen-bond donors (Lipinski definition) is 2. The molecule has 24 heavy (non-hydrogen) atoms. The van der Waals surface area contributed by atoms with Crippen LogP contribution in [0.3, 0.4) is 0 Å². The summed E-state index contributed by atoms with van der Waals surface area (Å²) in [6, 6.07) is 9.80. The average molecular weight is 329 g/mol. The van der Waals surface area contributed by atoms with Gasteiger partial charge in [0.05, 0.1) is 6.04 Å². The summed E-state index contributed by atoms with van der Waals surface area (Å²) in [7, 11) is 0. The quantitative estimate of drug-likeness (QED) is 0.860. The Morgan fingerprint density at radius 3 is 2.75 bits per heavy atom. The molecule has 1 aromatic rings. The highest BCUT2D eigenvalue weighted by Crippen LogP contribution is 2.21. The number of carbonyl (C=O) groups is 2. The van der Waals surface area contributed by atoms with E-state index in [2.05, 4.69) is 22.8 Å². The first kappa shape index (κ1) is 17.0. The van der Waals surface area contributed by atoms with Gasteiger partial charge in [0.25, 0.3) is 0 Å². The van der Waals surface area contributed by atoms with Crippen molar-refractivity contribution >= 4 is 11.8 Å². The highest BCUT2D eigenvalue weighted by molar-refractivity contribution is 5.90. The first-order valence-electron chi connectivity index (χ1n) is 9.03. The van der Waals surface area contributed by atoms with E-state index in [1.807, 2.05) is 25.1 Å². The Morgan fingerprint density at radius 2 is 2.04 bits per heavy atom. The zero-order chi connectivity index (χ0) is 16.9. The van der Waals surface area contributed by atoms with Crippen molar-refractivity contribution < 1.29 is 9.59 Å². The number of likely N-dealkylation sites (tertiary alicyclic amines) is 1. The van der Waals surface area contributed by atoms with E-state index < -0.39 is 0 Å². The molecule has 0 saturated carbocycles. The molecule has 0 bridgehead atoms. The molecule has 2 N–H and O–H groups in total. The molecule has 2 saturated heterocycles. The van der Waals surface area contributed by atoms with Gasteiger partial charge < -0.3 is 15.5 Å². The van der Waals surface area contributed by atoms with Crippen LogP contribution in [-0.2, 0) is 16.0 Å².